The van der Waals surface area contributed by atoms with E-state index in [-0.39, 0.29) is 24.3 Å². The maximum atomic E-state index is 12.5. The van der Waals surface area contributed by atoms with Gasteiger partial charge >= 0.3 is 0 Å². The fourth-order valence-corrected chi connectivity index (χ4v) is 3.25. The first-order valence-corrected chi connectivity index (χ1v) is 8.23. The van der Waals surface area contributed by atoms with Gasteiger partial charge in [-0.05, 0) is 12.8 Å². The second kappa shape index (κ2) is 6.10. The smallest absolute Gasteiger partial charge is 0.253 e. The molecule has 2 aliphatic heterocycles. The lowest BCUT2D eigenvalue weighted by Gasteiger charge is -2.42. The van der Waals surface area contributed by atoms with Crippen LogP contribution in [0.15, 0.2) is 18.7 Å². The number of amides is 2. The third-order valence-electron chi connectivity index (χ3n) is 4.70. The predicted octanol–water partition coefficient (Wildman–Crippen LogP) is -0.153. The first kappa shape index (κ1) is 15.5. The molecule has 8 nitrogen and oxygen atoms in total. The highest BCUT2D eigenvalue weighted by Crippen LogP contribution is 2.33. The number of rotatable bonds is 2. The van der Waals surface area contributed by atoms with E-state index in [9.17, 15) is 9.59 Å². The van der Waals surface area contributed by atoms with E-state index in [2.05, 4.69) is 9.97 Å². The topological polar surface area (TPSA) is 84.9 Å². The van der Waals surface area contributed by atoms with Crippen molar-refractivity contribution in [3.05, 3.63) is 18.7 Å². The Labute approximate surface area is 139 Å². The van der Waals surface area contributed by atoms with E-state index in [1.165, 1.54) is 6.33 Å². The van der Waals surface area contributed by atoms with Crippen molar-refractivity contribution >= 4 is 17.5 Å². The van der Waals surface area contributed by atoms with Gasteiger partial charge in [0.1, 0.15) is 18.5 Å². The molecule has 24 heavy (non-hydrogen) atoms. The Balaban J connectivity index is 1.56. The van der Waals surface area contributed by atoms with Crippen molar-refractivity contribution in [1.29, 1.82) is 0 Å². The average Bonchev–Trinajstić information content (AvgIpc) is 3.45. The Kier molecular flexibility index (Phi) is 3.93. The molecule has 1 atom stereocenters. The highest BCUT2D eigenvalue weighted by Gasteiger charge is 2.46. The van der Waals surface area contributed by atoms with Gasteiger partial charge in [0.2, 0.25) is 5.91 Å². The first-order chi connectivity index (χ1) is 11.7. The van der Waals surface area contributed by atoms with Gasteiger partial charge in [0.25, 0.3) is 5.91 Å². The van der Waals surface area contributed by atoms with Crippen LogP contribution in [0.3, 0.4) is 0 Å². The van der Waals surface area contributed by atoms with Crippen LogP contribution in [-0.4, -0.2) is 71.7 Å². The molecular formula is C16H20N4O4. The summed E-state index contributed by atoms with van der Waals surface area (Å²) in [6.07, 6.45) is 6.57. The fraction of sp³-hybridized carbons (Fsp3) is 0.625. The molecule has 1 aliphatic carbocycles. The van der Waals surface area contributed by atoms with Crippen LogP contribution in [0.25, 0.3) is 0 Å². The summed E-state index contributed by atoms with van der Waals surface area (Å²) in [5.41, 5.74) is -0.0698. The lowest BCUT2D eigenvalue weighted by Crippen LogP contribution is -2.61. The van der Waals surface area contributed by atoms with Crippen molar-refractivity contribution in [2.75, 3.05) is 44.4 Å². The van der Waals surface area contributed by atoms with Gasteiger partial charge in [0, 0.05) is 12.5 Å². The number of anilines is 1. The van der Waals surface area contributed by atoms with Crippen molar-refractivity contribution in [2.45, 2.75) is 18.4 Å². The normalized spacial score (nSPS) is 28.1. The van der Waals surface area contributed by atoms with Crippen LogP contribution in [-0.2, 0) is 19.1 Å². The largest absolute Gasteiger partial charge is 0.376 e. The first-order valence-electron chi connectivity index (χ1n) is 8.23. The highest BCUT2D eigenvalue weighted by atomic mass is 16.6. The molecule has 0 unspecified atom stereocenters. The Bertz CT molecular complexity index is 636. The van der Waals surface area contributed by atoms with Crippen molar-refractivity contribution < 1.29 is 19.1 Å². The number of morpholine rings is 1. The van der Waals surface area contributed by atoms with E-state index in [0.717, 1.165) is 12.8 Å². The third kappa shape index (κ3) is 2.99. The van der Waals surface area contributed by atoms with Crippen LogP contribution in [0.4, 0.5) is 5.69 Å². The summed E-state index contributed by atoms with van der Waals surface area (Å²) in [5.74, 6) is 0.193. The monoisotopic (exact) mass is 332 g/mol. The quantitative estimate of drug-likeness (QED) is 0.749. The predicted molar refractivity (Wildman–Crippen MR) is 83.2 cm³/mol. The van der Waals surface area contributed by atoms with Crippen molar-refractivity contribution in [1.82, 2.24) is 14.9 Å². The minimum atomic E-state index is -0.704. The summed E-state index contributed by atoms with van der Waals surface area (Å²) in [6, 6.07) is 0. The van der Waals surface area contributed by atoms with E-state index in [1.807, 2.05) is 4.90 Å². The van der Waals surface area contributed by atoms with Crippen molar-refractivity contribution in [2.24, 2.45) is 5.92 Å². The summed E-state index contributed by atoms with van der Waals surface area (Å²) in [7, 11) is 0. The van der Waals surface area contributed by atoms with Crippen LogP contribution in [0, 0.1) is 5.92 Å². The maximum absolute atomic E-state index is 12.5. The summed E-state index contributed by atoms with van der Waals surface area (Å²) in [6.45, 7) is 2.16. The van der Waals surface area contributed by atoms with Crippen LogP contribution < -0.4 is 4.90 Å². The molecule has 0 bridgehead atoms. The average molecular weight is 332 g/mol. The second-order valence-corrected chi connectivity index (χ2v) is 6.63. The molecule has 0 radical (unpaired) electrons. The molecule has 3 heterocycles. The number of ether oxygens (including phenoxy) is 2. The zero-order chi connectivity index (χ0) is 16.6. The number of nitrogens with zero attached hydrogens (tertiary/aromatic N) is 4. The van der Waals surface area contributed by atoms with E-state index in [0.29, 0.717) is 38.5 Å². The minimum absolute atomic E-state index is 0.0380. The maximum Gasteiger partial charge on any atom is 0.253 e. The Morgan fingerprint density at radius 3 is 2.79 bits per heavy atom. The van der Waals surface area contributed by atoms with E-state index >= 15 is 0 Å². The van der Waals surface area contributed by atoms with Gasteiger partial charge in [-0.15, -0.1) is 0 Å². The Morgan fingerprint density at radius 2 is 2.04 bits per heavy atom. The molecule has 1 aromatic rings. The van der Waals surface area contributed by atoms with Gasteiger partial charge in [-0.1, -0.05) is 0 Å². The van der Waals surface area contributed by atoms with Gasteiger partial charge in [0.15, 0.2) is 0 Å². The number of carbonyl (C=O) groups excluding carboxylic acids is 2. The lowest BCUT2D eigenvalue weighted by molar-refractivity contribution is -0.150. The lowest BCUT2D eigenvalue weighted by atomic mass is 10.0. The Hall–Kier alpha value is -2.06. The molecule has 4 rings (SSSR count). The van der Waals surface area contributed by atoms with Gasteiger partial charge in [-0.25, -0.2) is 9.97 Å². The van der Waals surface area contributed by atoms with Crippen molar-refractivity contribution in [3.63, 3.8) is 0 Å². The molecule has 128 valence electrons. The third-order valence-corrected chi connectivity index (χ3v) is 4.70. The SMILES string of the molecule is O=C(C1CC1)N1CCOC[C@@]2(C1)CN(c1cncnc1)C(=O)CO2. The molecule has 0 N–H and O–H groups in total. The highest BCUT2D eigenvalue weighted by molar-refractivity contribution is 5.95. The number of hydrogen-bond acceptors (Lipinski definition) is 6. The summed E-state index contributed by atoms with van der Waals surface area (Å²) in [5, 5.41) is 0. The standard InChI is InChI=1S/C16H20N4O4/c21-14-7-24-16(9-20(14)13-5-17-11-18-6-13)8-19(3-4-23-10-16)15(22)12-1-2-12/h5-6,11-12H,1-4,7-10H2/t16-/m1/s1. The van der Waals surface area contributed by atoms with Crippen LogP contribution in [0.2, 0.25) is 0 Å². The van der Waals surface area contributed by atoms with Gasteiger partial charge < -0.3 is 19.3 Å². The van der Waals surface area contributed by atoms with Crippen LogP contribution >= 0.6 is 0 Å². The Morgan fingerprint density at radius 1 is 1.25 bits per heavy atom. The summed E-state index contributed by atoms with van der Waals surface area (Å²) < 4.78 is 11.6. The zero-order valence-corrected chi connectivity index (χ0v) is 13.4. The fourth-order valence-electron chi connectivity index (χ4n) is 3.25. The number of hydrogen-bond donors (Lipinski definition) is 0. The van der Waals surface area contributed by atoms with Crippen LogP contribution in [0.5, 0.6) is 0 Å². The molecule has 1 aromatic heterocycles. The minimum Gasteiger partial charge on any atom is -0.376 e. The molecule has 3 fully saturated rings. The van der Waals surface area contributed by atoms with Crippen LogP contribution in [0.1, 0.15) is 12.8 Å². The van der Waals surface area contributed by atoms with Gasteiger partial charge in [0.05, 0.1) is 44.4 Å². The molecule has 2 saturated heterocycles. The van der Waals surface area contributed by atoms with Gasteiger partial charge in [-0.2, -0.15) is 0 Å². The molecule has 1 spiro atoms. The molecule has 8 heteroatoms. The number of aromatic nitrogens is 2. The molecule has 3 aliphatic rings. The molecule has 1 saturated carbocycles. The second-order valence-electron chi connectivity index (χ2n) is 6.63. The zero-order valence-electron chi connectivity index (χ0n) is 13.4. The van der Waals surface area contributed by atoms with E-state index < -0.39 is 5.60 Å². The van der Waals surface area contributed by atoms with E-state index in [1.54, 1.807) is 17.3 Å². The summed E-state index contributed by atoms with van der Waals surface area (Å²) in [4.78, 5) is 36.1. The number of carbonyl (C=O) groups is 2. The molecule has 0 aromatic carbocycles. The van der Waals surface area contributed by atoms with E-state index in [4.69, 9.17) is 9.47 Å². The molecular weight excluding hydrogens is 312 g/mol. The van der Waals surface area contributed by atoms with Crippen molar-refractivity contribution in [3.8, 4) is 0 Å². The summed E-state index contributed by atoms with van der Waals surface area (Å²) >= 11 is 0. The van der Waals surface area contributed by atoms with Gasteiger partial charge in [-0.3, -0.25) is 9.59 Å². The molecule has 2 amide bonds.